The van der Waals surface area contributed by atoms with E-state index in [0.29, 0.717) is 40.1 Å². The molecule has 1 heterocycles. The van der Waals surface area contributed by atoms with Gasteiger partial charge >= 0.3 is 5.97 Å². The molecule has 24 heavy (non-hydrogen) atoms. The predicted octanol–water partition coefficient (Wildman–Crippen LogP) is 4.12. The maximum absolute atomic E-state index is 11.9. The van der Waals surface area contributed by atoms with Crippen LogP contribution >= 0.6 is 11.3 Å². The summed E-state index contributed by atoms with van der Waals surface area (Å²) in [5, 5.41) is 9.99. The Hall–Kier alpha value is -2.65. The van der Waals surface area contributed by atoms with Gasteiger partial charge in [-0.25, -0.2) is 9.78 Å². The van der Waals surface area contributed by atoms with Crippen LogP contribution in [0.3, 0.4) is 0 Å². The Kier molecular flexibility index (Phi) is 5.72. The second-order valence-electron chi connectivity index (χ2n) is 5.22. The minimum Gasteiger partial charge on any atom is -0.488 e. The lowest BCUT2D eigenvalue weighted by Gasteiger charge is -2.08. The molecule has 0 aliphatic rings. The summed E-state index contributed by atoms with van der Waals surface area (Å²) < 4.78 is 10.6. The summed E-state index contributed by atoms with van der Waals surface area (Å²) in [6.45, 7) is 9.84. The Morgan fingerprint density at radius 2 is 2.21 bits per heavy atom. The molecule has 0 saturated heterocycles. The highest BCUT2D eigenvalue weighted by atomic mass is 32.1. The number of hydrogen-bond donors (Lipinski definition) is 0. The third-order valence-corrected chi connectivity index (χ3v) is 4.26. The predicted molar refractivity (Wildman–Crippen MR) is 93.3 cm³/mol. The highest BCUT2D eigenvalue weighted by Gasteiger charge is 2.18. The largest absolute Gasteiger partial charge is 0.488 e. The molecule has 2 rings (SSSR count). The molecule has 0 amide bonds. The fourth-order valence-corrected chi connectivity index (χ4v) is 2.94. The lowest BCUT2D eigenvalue weighted by Crippen LogP contribution is -2.03. The average Bonchev–Trinajstić information content (AvgIpc) is 2.94. The van der Waals surface area contributed by atoms with Crippen LogP contribution in [0.4, 0.5) is 0 Å². The zero-order valence-corrected chi connectivity index (χ0v) is 14.7. The van der Waals surface area contributed by atoms with Crippen LogP contribution in [0, 0.1) is 18.3 Å². The van der Waals surface area contributed by atoms with Crippen LogP contribution < -0.4 is 4.74 Å². The van der Waals surface area contributed by atoms with Crippen molar-refractivity contribution in [3.8, 4) is 22.4 Å². The minimum absolute atomic E-state index is 0.318. The number of carbonyl (C=O) groups is 1. The molecule has 0 spiro atoms. The molecule has 1 aromatic carbocycles. The van der Waals surface area contributed by atoms with Gasteiger partial charge in [-0.05, 0) is 44.5 Å². The number of ether oxygens (including phenoxy) is 2. The van der Waals surface area contributed by atoms with E-state index >= 15 is 0 Å². The molecule has 0 fully saturated rings. The molecule has 0 unspecified atom stereocenters. The van der Waals surface area contributed by atoms with Gasteiger partial charge in [0.15, 0.2) is 0 Å². The first kappa shape index (κ1) is 17.7. The highest BCUT2D eigenvalue weighted by molar-refractivity contribution is 7.17. The third kappa shape index (κ3) is 4.00. The number of aryl methyl sites for hydroxylation is 1. The van der Waals surface area contributed by atoms with E-state index in [4.69, 9.17) is 9.47 Å². The Balaban J connectivity index is 2.33. The molecule has 5 nitrogen and oxygen atoms in total. The zero-order valence-electron chi connectivity index (χ0n) is 13.9. The Bertz CT molecular complexity index is 818. The van der Waals surface area contributed by atoms with E-state index in [2.05, 4.69) is 17.6 Å². The number of nitrogens with zero attached hydrogens (tertiary/aromatic N) is 2. The Morgan fingerprint density at radius 3 is 2.83 bits per heavy atom. The standard InChI is InChI=1S/C18H18N2O3S/c1-5-22-18(21)16-12(4)20-17(24-16)13-6-7-15(14(8-13)9-19)23-10-11(2)3/h6-8H,2,5,10H2,1,3-4H3. The summed E-state index contributed by atoms with van der Waals surface area (Å²) in [4.78, 5) is 16.8. The molecule has 0 bridgehead atoms. The maximum Gasteiger partial charge on any atom is 0.350 e. The van der Waals surface area contributed by atoms with Crippen molar-refractivity contribution in [3.05, 3.63) is 46.5 Å². The molecule has 0 aliphatic heterocycles. The number of nitriles is 1. The Labute approximate surface area is 145 Å². The molecule has 0 radical (unpaired) electrons. The highest BCUT2D eigenvalue weighted by Crippen LogP contribution is 2.31. The van der Waals surface area contributed by atoms with Crippen molar-refractivity contribution in [1.29, 1.82) is 5.26 Å². The molecular formula is C18H18N2O3S. The monoisotopic (exact) mass is 342 g/mol. The second kappa shape index (κ2) is 7.75. The summed E-state index contributed by atoms with van der Waals surface area (Å²) in [5.74, 6) is 0.129. The number of aromatic nitrogens is 1. The van der Waals surface area contributed by atoms with Gasteiger partial charge < -0.3 is 9.47 Å². The first-order valence-electron chi connectivity index (χ1n) is 7.42. The van der Waals surface area contributed by atoms with Crippen LogP contribution in [0.15, 0.2) is 30.4 Å². The summed E-state index contributed by atoms with van der Waals surface area (Å²) in [7, 11) is 0. The van der Waals surface area contributed by atoms with Gasteiger partial charge in [-0.15, -0.1) is 11.3 Å². The molecular weight excluding hydrogens is 324 g/mol. The normalized spacial score (nSPS) is 10.1. The van der Waals surface area contributed by atoms with Gasteiger partial charge in [0, 0.05) is 5.56 Å². The molecule has 6 heteroatoms. The van der Waals surface area contributed by atoms with Gasteiger partial charge in [-0.3, -0.25) is 0 Å². The van der Waals surface area contributed by atoms with Crippen molar-refractivity contribution in [2.45, 2.75) is 20.8 Å². The number of hydrogen-bond acceptors (Lipinski definition) is 6. The number of carbonyl (C=O) groups excluding carboxylic acids is 1. The van der Waals surface area contributed by atoms with Crippen molar-refractivity contribution < 1.29 is 14.3 Å². The maximum atomic E-state index is 11.9. The molecule has 0 aliphatic carbocycles. The fraction of sp³-hybridized carbons (Fsp3) is 0.278. The molecule has 124 valence electrons. The SMILES string of the molecule is C=C(C)COc1ccc(-c2nc(C)c(C(=O)OCC)s2)cc1C#N. The lowest BCUT2D eigenvalue weighted by molar-refractivity contribution is 0.0531. The molecule has 0 N–H and O–H groups in total. The number of thiazole rings is 1. The van der Waals surface area contributed by atoms with E-state index < -0.39 is 0 Å². The molecule has 2 aromatic rings. The van der Waals surface area contributed by atoms with Crippen molar-refractivity contribution in [2.24, 2.45) is 0 Å². The first-order chi connectivity index (χ1) is 11.5. The van der Waals surface area contributed by atoms with Gasteiger partial charge in [0.2, 0.25) is 0 Å². The number of esters is 1. The van der Waals surface area contributed by atoms with Crippen LogP contribution in [0.5, 0.6) is 5.75 Å². The van der Waals surface area contributed by atoms with Gasteiger partial charge in [0.25, 0.3) is 0 Å². The van der Waals surface area contributed by atoms with E-state index in [1.54, 1.807) is 26.0 Å². The lowest BCUT2D eigenvalue weighted by atomic mass is 10.1. The zero-order chi connectivity index (χ0) is 17.7. The van der Waals surface area contributed by atoms with Crippen molar-refractivity contribution >= 4 is 17.3 Å². The average molecular weight is 342 g/mol. The minimum atomic E-state index is -0.374. The fourth-order valence-electron chi connectivity index (χ4n) is 1.98. The van der Waals surface area contributed by atoms with Gasteiger partial charge in [-0.2, -0.15) is 5.26 Å². The number of benzene rings is 1. The van der Waals surface area contributed by atoms with Gasteiger partial charge in [0.05, 0.1) is 17.9 Å². The van der Waals surface area contributed by atoms with Crippen molar-refractivity contribution in [1.82, 2.24) is 4.98 Å². The van der Waals surface area contributed by atoms with Crippen LogP contribution in [0.2, 0.25) is 0 Å². The molecule has 0 saturated carbocycles. The third-order valence-electron chi connectivity index (χ3n) is 3.08. The topological polar surface area (TPSA) is 72.2 Å². The van der Waals surface area contributed by atoms with E-state index in [9.17, 15) is 10.1 Å². The van der Waals surface area contributed by atoms with Crippen LogP contribution in [-0.2, 0) is 4.74 Å². The molecule has 1 aromatic heterocycles. The number of rotatable bonds is 6. The summed E-state index contributed by atoms with van der Waals surface area (Å²) >= 11 is 1.25. The smallest absolute Gasteiger partial charge is 0.350 e. The van der Waals surface area contributed by atoms with Crippen molar-refractivity contribution in [2.75, 3.05) is 13.2 Å². The second-order valence-corrected chi connectivity index (χ2v) is 6.22. The molecule has 0 atom stereocenters. The van der Waals surface area contributed by atoms with Crippen LogP contribution in [-0.4, -0.2) is 24.2 Å². The van der Waals surface area contributed by atoms with Crippen LogP contribution in [0.25, 0.3) is 10.6 Å². The van der Waals surface area contributed by atoms with Gasteiger partial charge in [0.1, 0.15) is 28.3 Å². The summed E-state index contributed by atoms with van der Waals surface area (Å²) in [6.07, 6.45) is 0. The van der Waals surface area contributed by atoms with E-state index in [1.807, 2.05) is 13.0 Å². The van der Waals surface area contributed by atoms with E-state index in [1.165, 1.54) is 11.3 Å². The van der Waals surface area contributed by atoms with Gasteiger partial charge in [-0.1, -0.05) is 6.58 Å². The van der Waals surface area contributed by atoms with Crippen LogP contribution in [0.1, 0.15) is 34.8 Å². The van der Waals surface area contributed by atoms with E-state index in [-0.39, 0.29) is 5.97 Å². The summed E-state index contributed by atoms with van der Waals surface area (Å²) in [6, 6.07) is 7.39. The first-order valence-corrected chi connectivity index (χ1v) is 8.24. The van der Waals surface area contributed by atoms with Crippen molar-refractivity contribution in [3.63, 3.8) is 0 Å². The van der Waals surface area contributed by atoms with E-state index in [0.717, 1.165) is 11.1 Å². The summed E-state index contributed by atoms with van der Waals surface area (Å²) in [5.41, 5.74) is 2.67. The Morgan fingerprint density at radius 1 is 1.46 bits per heavy atom. The quantitative estimate of drug-likeness (QED) is 0.583.